The van der Waals surface area contributed by atoms with E-state index in [4.69, 9.17) is 4.98 Å². The average molecular weight is 519 g/mol. The van der Waals surface area contributed by atoms with Gasteiger partial charge in [0.1, 0.15) is 4.83 Å². The Kier molecular flexibility index (Phi) is 6.93. The summed E-state index contributed by atoms with van der Waals surface area (Å²) >= 11 is 2.71. The van der Waals surface area contributed by atoms with Crippen LogP contribution in [0.5, 0.6) is 0 Å². The molecule has 0 fully saturated rings. The Balaban J connectivity index is 1.51. The van der Waals surface area contributed by atoms with Gasteiger partial charge in [0.25, 0.3) is 5.56 Å². The van der Waals surface area contributed by atoms with E-state index in [-0.39, 0.29) is 23.1 Å². The van der Waals surface area contributed by atoms with Gasteiger partial charge in [0.05, 0.1) is 23.4 Å². The third kappa shape index (κ3) is 4.68. The van der Waals surface area contributed by atoms with Crippen LogP contribution in [0.2, 0.25) is 0 Å². The quantitative estimate of drug-likeness (QED) is 0.297. The number of aromatic nitrogens is 2. The highest BCUT2D eigenvalue weighted by atomic mass is 32.2. The van der Waals surface area contributed by atoms with Crippen molar-refractivity contribution in [2.75, 3.05) is 17.6 Å². The molecule has 5 rings (SSSR count). The molecule has 0 saturated heterocycles. The van der Waals surface area contributed by atoms with Crippen molar-refractivity contribution in [3.63, 3.8) is 0 Å². The van der Waals surface area contributed by atoms with Crippen molar-refractivity contribution in [1.29, 1.82) is 0 Å². The highest BCUT2D eigenvalue weighted by Gasteiger charge is 2.26. The Morgan fingerprint density at radius 2 is 1.86 bits per heavy atom. The number of rotatable bonds is 6. The van der Waals surface area contributed by atoms with E-state index in [1.54, 1.807) is 16.4 Å². The molecule has 9 heteroatoms. The van der Waals surface area contributed by atoms with Gasteiger partial charge in [-0.1, -0.05) is 55.1 Å². The normalized spacial score (nSPS) is 13.0. The highest BCUT2D eigenvalue weighted by molar-refractivity contribution is 7.99. The van der Waals surface area contributed by atoms with E-state index in [2.05, 4.69) is 5.32 Å². The maximum atomic E-state index is 13.9. The second kappa shape index (κ2) is 10.3. The summed E-state index contributed by atoms with van der Waals surface area (Å²) in [6.45, 7) is 4.71. The summed E-state index contributed by atoms with van der Waals surface area (Å²) in [5.74, 6) is -0.0106. The van der Waals surface area contributed by atoms with E-state index in [1.807, 2.05) is 61.5 Å². The lowest BCUT2D eigenvalue weighted by Gasteiger charge is -2.25. The fourth-order valence-corrected chi connectivity index (χ4v) is 6.55. The first-order valence-corrected chi connectivity index (χ1v) is 13.6. The number of benzene rings is 2. The number of anilines is 1. The number of para-hydroxylation sites is 2. The zero-order chi connectivity index (χ0) is 25.2. The zero-order valence-electron chi connectivity index (χ0n) is 20.1. The van der Waals surface area contributed by atoms with Crippen molar-refractivity contribution >= 4 is 50.8 Å². The van der Waals surface area contributed by atoms with Crippen LogP contribution in [0.4, 0.5) is 5.69 Å². The standard InChI is InChI=1S/C27H26N4O3S2/c1-3-18-9-7-8-12-21(18)28-23(33)16-35-27-29-25-24(26(34)31(27)19-10-5-4-6-11-19)20-13-14-30(17(2)32)15-22(20)36-25/h4-12H,3,13-16H2,1-2H3,(H,28,33). The predicted molar refractivity (Wildman–Crippen MR) is 145 cm³/mol. The SMILES string of the molecule is CCc1ccccc1NC(=O)CSc1nc2sc3c(c2c(=O)n1-c1ccccc1)CCN(C(C)=O)C3. The number of hydrogen-bond acceptors (Lipinski definition) is 6. The van der Waals surface area contributed by atoms with Crippen LogP contribution in [0.3, 0.4) is 0 Å². The van der Waals surface area contributed by atoms with Gasteiger partial charge < -0.3 is 10.2 Å². The molecule has 0 bridgehead atoms. The second-order valence-corrected chi connectivity index (χ2v) is 10.6. The fourth-order valence-electron chi connectivity index (χ4n) is 4.46. The maximum Gasteiger partial charge on any atom is 0.267 e. The van der Waals surface area contributed by atoms with Gasteiger partial charge in [0, 0.05) is 24.0 Å². The summed E-state index contributed by atoms with van der Waals surface area (Å²) in [5, 5.41) is 4.08. The van der Waals surface area contributed by atoms with Crippen molar-refractivity contribution in [1.82, 2.24) is 14.5 Å². The molecular weight excluding hydrogens is 492 g/mol. The molecule has 0 atom stereocenters. The first-order chi connectivity index (χ1) is 17.5. The molecule has 0 radical (unpaired) electrons. The molecule has 2 amide bonds. The van der Waals surface area contributed by atoms with Crippen LogP contribution in [-0.4, -0.2) is 38.6 Å². The summed E-state index contributed by atoms with van der Waals surface area (Å²) in [5.41, 5.74) is 3.42. The Bertz CT molecular complexity index is 1510. The number of thiophene rings is 1. The van der Waals surface area contributed by atoms with Crippen LogP contribution in [0.25, 0.3) is 15.9 Å². The van der Waals surface area contributed by atoms with Crippen molar-refractivity contribution in [3.05, 3.63) is 81.0 Å². The Morgan fingerprint density at radius 3 is 2.61 bits per heavy atom. The van der Waals surface area contributed by atoms with E-state index < -0.39 is 0 Å². The summed E-state index contributed by atoms with van der Waals surface area (Å²) in [6.07, 6.45) is 1.45. The van der Waals surface area contributed by atoms with E-state index in [1.165, 1.54) is 23.1 Å². The summed E-state index contributed by atoms with van der Waals surface area (Å²) in [4.78, 5) is 46.9. The van der Waals surface area contributed by atoms with E-state index in [0.29, 0.717) is 40.6 Å². The molecule has 0 unspecified atom stereocenters. The molecule has 3 heterocycles. The van der Waals surface area contributed by atoms with Crippen LogP contribution in [0.1, 0.15) is 29.9 Å². The van der Waals surface area contributed by atoms with Gasteiger partial charge in [-0.2, -0.15) is 0 Å². The summed E-state index contributed by atoms with van der Waals surface area (Å²) in [6, 6.07) is 17.1. The average Bonchev–Trinajstić information content (AvgIpc) is 3.26. The van der Waals surface area contributed by atoms with E-state index in [9.17, 15) is 14.4 Å². The number of fused-ring (bicyclic) bond motifs is 3. The Labute approximate surface area is 217 Å². The number of nitrogens with zero attached hydrogens (tertiary/aromatic N) is 3. The number of amides is 2. The van der Waals surface area contributed by atoms with Crippen molar-refractivity contribution in [2.24, 2.45) is 0 Å². The Hall–Kier alpha value is -3.43. The van der Waals surface area contributed by atoms with Crippen molar-refractivity contribution < 1.29 is 9.59 Å². The van der Waals surface area contributed by atoms with Crippen LogP contribution < -0.4 is 10.9 Å². The molecule has 2 aromatic carbocycles. The van der Waals surface area contributed by atoms with Gasteiger partial charge in [-0.3, -0.25) is 19.0 Å². The van der Waals surface area contributed by atoms with Gasteiger partial charge in [-0.05, 0) is 42.2 Å². The summed E-state index contributed by atoms with van der Waals surface area (Å²) in [7, 11) is 0. The van der Waals surface area contributed by atoms with Gasteiger partial charge >= 0.3 is 0 Å². The molecule has 36 heavy (non-hydrogen) atoms. The van der Waals surface area contributed by atoms with Crippen LogP contribution in [0, 0.1) is 0 Å². The van der Waals surface area contributed by atoms with Gasteiger partial charge in [0.15, 0.2) is 5.16 Å². The Morgan fingerprint density at radius 1 is 1.11 bits per heavy atom. The monoisotopic (exact) mass is 518 g/mol. The second-order valence-electron chi connectivity index (χ2n) is 8.59. The number of thioether (sulfide) groups is 1. The third-order valence-corrected chi connectivity index (χ3v) is 8.36. The van der Waals surface area contributed by atoms with E-state index in [0.717, 1.165) is 28.1 Å². The minimum Gasteiger partial charge on any atom is -0.337 e. The predicted octanol–water partition coefficient (Wildman–Crippen LogP) is 4.65. The minimum atomic E-state index is -0.155. The smallest absolute Gasteiger partial charge is 0.267 e. The summed E-state index contributed by atoms with van der Waals surface area (Å²) < 4.78 is 1.60. The molecule has 2 aromatic heterocycles. The number of carbonyl (C=O) groups excluding carboxylic acids is 2. The van der Waals surface area contributed by atoms with Gasteiger partial charge in [-0.25, -0.2) is 4.98 Å². The number of hydrogen-bond donors (Lipinski definition) is 1. The number of aryl methyl sites for hydroxylation is 1. The zero-order valence-corrected chi connectivity index (χ0v) is 21.7. The molecule has 0 aliphatic carbocycles. The molecule has 1 N–H and O–H groups in total. The lowest BCUT2D eigenvalue weighted by Crippen LogP contribution is -2.34. The van der Waals surface area contributed by atoms with E-state index >= 15 is 0 Å². The minimum absolute atomic E-state index is 0.0275. The lowest BCUT2D eigenvalue weighted by molar-refractivity contribution is -0.129. The van der Waals surface area contributed by atoms with Gasteiger partial charge in [-0.15, -0.1) is 11.3 Å². The lowest BCUT2D eigenvalue weighted by atomic mass is 10.1. The fraction of sp³-hybridized carbons (Fsp3) is 0.259. The maximum absolute atomic E-state index is 13.9. The molecule has 1 aliphatic rings. The van der Waals surface area contributed by atoms with Crippen LogP contribution >= 0.6 is 23.1 Å². The molecular formula is C27H26N4O3S2. The molecule has 1 aliphatic heterocycles. The van der Waals surface area contributed by atoms with Crippen molar-refractivity contribution in [2.45, 2.75) is 38.4 Å². The highest BCUT2D eigenvalue weighted by Crippen LogP contribution is 2.34. The van der Waals surface area contributed by atoms with Crippen molar-refractivity contribution in [3.8, 4) is 5.69 Å². The first kappa shape index (κ1) is 24.3. The molecule has 184 valence electrons. The molecule has 0 spiro atoms. The van der Waals surface area contributed by atoms with Gasteiger partial charge in [0.2, 0.25) is 11.8 Å². The van der Waals surface area contributed by atoms with Crippen LogP contribution in [-0.2, 0) is 29.0 Å². The number of nitrogens with one attached hydrogen (secondary N) is 1. The molecule has 7 nitrogen and oxygen atoms in total. The first-order valence-electron chi connectivity index (χ1n) is 11.8. The molecule has 4 aromatic rings. The third-order valence-electron chi connectivity index (χ3n) is 6.31. The topological polar surface area (TPSA) is 84.3 Å². The van der Waals surface area contributed by atoms with Crippen LogP contribution in [0.15, 0.2) is 64.5 Å². The molecule has 0 saturated carbocycles. The largest absolute Gasteiger partial charge is 0.337 e. The number of carbonyl (C=O) groups is 2.